The molecule has 1 heterocycles. The number of nitrogens with zero attached hydrogens (tertiary/aromatic N) is 1. The molecule has 0 saturated heterocycles. The van der Waals surface area contributed by atoms with Crippen LogP contribution in [0.2, 0.25) is 0 Å². The number of nitrogen functional groups attached to an aromatic ring is 1. The Morgan fingerprint density at radius 3 is 2.41 bits per heavy atom. The van der Waals surface area contributed by atoms with Crippen molar-refractivity contribution in [3.05, 3.63) is 107 Å². The molecule has 1 amide bonds. The number of phenolic OH excluding ortho intramolecular Hbond substituents is 1. The highest BCUT2D eigenvalue weighted by molar-refractivity contribution is 6.11. The number of hydrogen-bond acceptors (Lipinski definition) is 9. The molecule has 0 radical (unpaired) electrons. The number of hydrazine groups is 1. The number of hydrogen-bond donors (Lipinski definition) is 3. The van der Waals surface area contributed by atoms with Gasteiger partial charge in [0.15, 0.2) is 0 Å². The zero-order valence-electron chi connectivity index (χ0n) is 19.1. The minimum absolute atomic E-state index is 0.280. The molecule has 1 aromatic heterocycles. The highest BCUT2D eigenvalue weighted by Gasteiger charge is 2.28. The van der Waals surface area contributed by atoms with E-state index in [2.05, 4.69) is 0 Å². The SMILES string of the molecule is N#Cc1c(O)ccc(C(=O)OC(=O)c2occc2-c2ccccc2OCc2ccccc2)c1C(=O)NN. The number of amides is 1. The predicted octanol–water partition coefficient (Wildman–Crippen LogP) is 3.70. The molecule has 4 aromatic rings. The summed E-state index contributed by atoms with van der Waals surface area (Å²) in [5.41, 5.74) is 2.07. The van der Waals surface area contributed by atoms with Gasteiger partial charge in [0.25, 0.3) is 5.91 Å². The van der Waals surface area contributed by atoms with Gasteiger partial charge in [-0.3, -0.25) is 10.2 Å². The predicted molar refractivity (Wildman–Crippen MR) is 129 cm³/mol. The van der Waals surface area contributed by atoms with Crippen molar-refractivity contribution in [1.29, 1.82) is 5.26 Å². The van der Waals surface area contributed by atoms with E-state index in [-0.39, 0.29) is 12.4 Å². The normalized spacial score (nSPS) is 10.3. The Morgan fingerprint density at radius 2 is 1.68 bits per heavy atom. The summed E-state index contributed by atoms with van der Waals surface area (Å²) >= 11 is 0. The average Bonchev–Trinajstić information content (AvgIpc) is 3.42. The third-order valence-corrected chi connectivity index (χ3v) is 5.32. The summed E-state index contributed by atoms with van der Waals surface area (Å²) in [5, 5.41) is 19.2. The van der Waals surface area contributed by atoms with Crippen molar-refractivity contribution < 1.29 is 33.4 Å². The monoisotopic (exact) mass is 497 g/mol. The molecular formula is C27H19N3O7. The van der Waals surface area contributed by atoms with E-state index in [4.69, 9.17) is 19.7 Å². The van der Waals surface area contributed by atoms with Crippen LogP contribution in [0.15, 0.2) is 83.5 Å². The molecule has 10 nitrogen and oxygen atoms in total. The second-order valence-corrected chi connectivity index (χ2v) is 7.58. The van der Waals surface area contributed by atoms with Crippen LogP contribution in [0.5, 0.6) is 11.5 Å². The largest absolute Gasteiger partial charge is 0.507 e. The van der Waals surface area contributed by atoms with Gasteiger partial charge in [-0.1, -0.05) is 48.5 Å². The van der Waals surface area contributed by atoms with Crippen LogP contribution in [0.1, 0.15) is 42.4 Å². The van der Waals surface area contributed by atoms with Crippen LogP contribution in [-0.4, -0.2) is 23.0 Å². The van der Waals surface area contributed by atoms with Crippen molar-refractivity contribution in [3.8, 4) is 28.7 Å². The third-order valence-electron chi connectivity index (χ3n) is 5.32. The summed E-state index contributed by atoms with van der Waals surface area (Å²) in [6.45, 7) is 0.280. The van der Waals surface area contributed by atoms with Gasteiger partial charge in [-0.15, -0.1) is 0 Å². The van der Waals surface area contributed by atoms with Gasteiger partial charge in [-0.05, 0) is 29.8 Å². The number of rotatable bonds is 7. The van der Waals surface area contributed by atoms with Crippen LogP contribution in [0.4, 0.5) is 0 Å². The first-order valence-corrected chi connectivity index (χ1v) is 10.8. The number of furan rings is 1. The third kappa shape index (κ3) is 5.17. The fraction of sp³-hybridized carbons (Fsp3) is 0.0370. The maximum atomic E-state index is 12.9. The van der Waals surface area contributed by atoms with Crippen molar-refractivity contribution in [2.75, 3.05) is 0 Å². The molecule has 0 aliphatic heterocycles. The van der Waals surface area contributed by atoms with Gasteiger partial charge in [-0.25, -0.2) is 15.4 Å². The van der Waals surface area contributed by atoms with Gasteiger partial charge >= 0.3 is 11.9 Å². The number of ether oxygens (including phenoxy) is 2. The Bertz CT molecular complexity index is 1520. The molecular weight excluding hydrogens is 478 g/mol. The molecule has 0 aliphatic rings. The Kier molecular flexibility index (Phi) is 7.28. The van der Waals surface area contributed by atoms with Crippen molar-refractivity contribution in [3.63, 3.8) is 0 Å². The van der Waals surface area contributed by atoms with Crippen LogP contribution >= 0.6 is 0 Å². The molecule has 37 heavy (non-hydrogen) atoms. The fourth-order valence-electron chi connectivity index (χ4n) is 3.60. The molecule has 10 heteroatoms. The van der Waals surface area contributed by atoms with Gasteiger partial charge in [0.2, 0.25) is 5.76 Å². The van der Waals surface area contributed by atoms with Crippen LogP contribution in [0.3, 0.4) is 0 Å². The first kappa shape index (κ1) is 24.7. The molecule has 0 saturated carbocycles. The molecule has 3 aromatic carbocycles. The zero-order valence-corrected chi connectivity index (χ0v) is 19.1. The van der Waals surface area contributed by atoms with Crippen molar-refractivity contribution in [2.24, 2.45) is 5.84 Å². The molecule has 4 N–H and O–H groups in total. The lowest BCUT2D eigenvalue weighted by Gasteiger charge is -2.12. The van der Waals surface area contributed by atoms with E-state index in [0.29, 0.717) is 16.9 Å². The Labute approximate surface area is 210 Å². The lowest BCUT2D eigenvalue weighted by atomic mass is 10.00. The van der Waals surface area contributed by atoms with Gasteiger partial charge in [0.05, 0.1) is 17.4 Å². The first-order chi connectivity index (χ1) is 17.9. The van der Waals surface area contributed by atoms with E-state index >= 15 is 0 Å². The molecule has 0 aliphatic carbocycles. The molecule has 0 fully saturated rings. The fourth-order valence-corrected chi connectivity index (χ4v) is 3.60. The van der Waals surface area contributed by atoms with Crippen molar-refractivity contribution in [2.45, 2.75) is 6.61 Å². The standard InChI is InChI=1S/C27H19N3O7/c28-14-20-21(31)11-10-19(23(20)25(32)30-29)26(33)37-27(34)24-18(12-13-35-24)17-8-4-5-9-22(17)36-15-16-6-2-1-3-7-16/h1-13,31H,15,29H2,(H,30,32). The molecule has 0 atom stereocenters. The summed E-state index contributed by atoms with van der Waals surface area (Å²) < 4.78 is 16.2. The van der Waals surface area contributed by atoms with Crippen LogP contribution < -0.4 is 16.0 Å². The van der Waals surface area contributed by atoms with Gasteiger partial charge in [-0.2, -0.15) is 5.26 Å². The van der Waals surface area contributed by atoms with Crippen molar-refractivity contribution in [1.82, 2.24) is 5.43 Å². The van der Waals surface area contributed by atoms with Gasteiger partial charge < -0.3 is 19.0 Å². The second kappa shape index (κ2) is 10.9. The number of benzene rings is 3. The van der Waals surface area contributed by atoms with Gasteiger partial charge in [0, 0.05) is 11.1 Å². The number of carbonyl (C=O) groups is 3. The Hall–Kier alpha value is -5.40. The lowest BCUT2D eigenvalue weighted by molar-refractivity contribution is 0.0374. The Morgan fingerprint density at radius 1 is 0.946 bits per heavy atom. The topological polar surface area (TPSA) is 165 Å². The Balaban J connectivity index is 1.61. The highest BCUT2D eigenvalue weighted by atomic mass is 16.6. The van der Waals surface area contributed by atoms with Crippen LogP contribution in [0, 0.1) is 11.3 Å². The molecule has 184 valence electrons. The molecule has 0 spiro atoms. The molecule has 0 bridgehead atoms. The van der Waals surface area contributed by atoms with E-state index in [1.54, 1.807) is 35.8 Å². The average molecular weight is 497 g/mol. The van der Waals surface area contributed by atoms with Crippen LogP contribution in [-0.2, 0) is 11.3 Å². The summed E-state index contributed by atoms with van der Waals surface area (Å²) in [5.74, 6) is 1.35. The quantitative estimate of drug-likeness (QED) is 0.113. The number of aromatic hydroxyl groups is 1. The van der Waals surface area contributed by atoms with Gasteiger partial charge in [0.1, 0.15) is 29.7 Å². The second-order valence-electron chi connectivity index (χ2n) is 7.58. The smallest absolute Gasteiger partial charge is 0.382 e. The van der Waals surface area contributed by atoms with E-state index in [9.17, 15) is 24.8 Å². The number of nitrogens with one attached hydrogen (secondary N) is 1. The summed E-state index contributed by atoms with van der Waals surface area (Å²) in [6.07, 6.45) is 1.26. The number of nitrogens with two attached hydrogens (primary N) is 1. The summed E-state index contributed by atoms with van der Waals surface area (Å²) in [7, 11) is 0. The maximum absolute atomic E-state index is 12.9. The van der Waals surface area contributed by atoms with E-state index in [0.717, 1.165) is 17.7 Å². The number of phenols is 1. The molecule has 4 rings (SSSR count). The molecule has 0 unspecified atom stereocenters. The first-order valence-electron chi connectivity index (χ1n) is 10.8. The minimum Gasteiger partial charge on any atom is -0.507 e. The van der Waals surface area contributed by atoms with E-state index < -0.39 is 40.3 Å². The minimum atomic E-state index is -1.25. The van der Waals surface area contributed by atoms with Crippen molar-refractivity contribution >= 4 is 17.8 Å². The summed E-state index contributed by atoms with van der Waals surface area (Å²) in [4.78, 5) is 38.0. The maximum Gasteiger partial charge on any atom is 0.382 e. The van der Waals surface area contributed by atoms with E-state index in [1.807, 2.05) is 30.3 Å². The van der Waals surface area contributed by atoms with E-state index in [1.165, 1.54) is 12.3 Å². The van der Waals surface area contributed by atoms with Crippen LogP contribution in [0.25, 0.3) is 11.1 Å². The zero-order chi connectivity index (χ0) is 26.4. The number of nitriles is 1. The number of esters is 2. The summed E-state index contributed by atoms with van der Waals surface area (Å²) in [6, 6.07) is 21.7. The lowest BCUT2D eigenvalue weighted by Crippen LogP contribution is -2.32. The number of para-hydroxylation sites is 1. The highest BCUT2D eigenvalue weighted by Crippen LogP contribution is 2.34. The number of carbonyl (C=O) groups excluding carboxylic acids is 3.